The highest BCUT2D eigenvalue weighted by molar-refractivity contribution is 8.25. The predicted molar refractivity (Wildman–Crippen MR) is 127 cm³/mol. The molecule has 2 saturated heterocycles. The maximum atomic E-state index is 13.9. The van der Waals surface area contributed by atoms with Crippen LogP contribution in [0, 0.1) is 5.82 Å². The third-order valence-corrected chi connectivity index (χ3v) is 8.48. The highest BCUT2D eigenvalue weighted by atomic mass is 32.3. The number of benzene rings is 2. The van der Waals surface area contributed by atoms with Crippen LogP contribution in [0.15, 0.2) is 42.5 Å². The summed E-state index contributed by atoms with van der Waals surface area (Å²) in [5, 5.41) is 10.1. The molecule has 0 unspecified atom stereocenters. The van der Waals surface area contributed by atoms with Crippen LogP contribution in [0.2, 0.25) is 0 Å². The third-order valence-electron chi connectivity index (χ3n) is 6.54. The molecule has 3 N–H and O–H groups in total. The smallest absolute Gasteiger partial charge is 0.161 e. The van der Waals surface area contributed by atoms with Gasteiger partial charge in [-0.05, 0) is 75.9 Å². The van der Waals surface area contributed by atoms with Crippen LogP contribution in [0.4, 0.5) is 10.1 Å². The Bertz CT molecular complexity index is 973. The number of anilines is 1. The number of aromatic hydroxyl groups is 1. The van der Waals surface area contributed by atoms with E-state index < -0.39 is 16.3 Å². The summed E-state index contributed by atoms with van der Waals surface area (Å²) in [6.07, 6.45) is 2.17. The molecular weight excluding hydrogens is 431 g/mol. The van der Waals surface area contributed by atoms with Crippen LogP contribution in [0.5, 0.6) is 11.5 Å². The number of piperidine rings is 1. The molecule has 8 heteroatoms. The van der Waals surface area contributed by atoms with Crippen LogP contribution in [-0.2, 0) is 6.54 Å². The van der Waals surface area contributed by atoms with Gasteiger partial charge in [0.15, 0.2) is 11.5 Å². The van der Waals surface area contributed by atoms with Crippen molar-refractivity contribution in [3.05, 3.63) is 53.8 Å². The topological polar surface area (TPSA) is 76.4 Å². The van der Waals surface area contributed by atoms with Crippen molar-refractivity contribution in [1.82, 2.24) is 4.90 Å². The fourth-order valence-electron chi connectivity index (χ4n) is 5.11. The average Bonchev–Trinajstić information content (AvgIpc) is 2.96. The van der Waals surface area contributed by atoms with Gasteiger partial charge in [-0.1, -0.05) is 12.1 Å². The maximum absolute atomic E-state index is 13.9. The minimum atomic E-state index is -2.98. The molecule has 2 aliphatic rings. The molecule has 0 bridgehead atoms. The van der Waals surface area contributed by atoms with Gasteiger partial charge in [0, 0.05) is 19.1 Å². The molecule has 6 nitrogen and oxygen atoms in total. The molecule has 4 rings (SSSR count). The fourth-order valence-corrected chi connectivity index (χ4v) is 7.28. The quantitative estimate of drug-likeness (QED) is 0.533. The molecule has 176 valence electrons. The van der Waals surface area contributed by atoms with Crippen molar-refractivity contribution < 1.29 is 23.3 Å². The third kappa shape index (κ3) is 4.55. The fraction of sp³-hybridized carbons (Fsp3) is 0.500. The number of halogens is 1. The van der Waals surface area contributed by atoms with Gasteiger partial charge in [-0.3, -0.25) is 18.3 Å². The Morgan fingerprint density at radius 3 is 2.66 bits per heavy atom. The van der Waals surface area contributed by atoms with E-state index in [1.54, 1.807) is 22.5 Å². The van der Waals surface area contributed by atoms with Crippen LogP contribution in [0.1, 0.15) is 45.6 Å². The van der Waals surface area contributed by atoms with E-state index in [2.05, 4.69) is 11.8 Å². The zero-order valence-electron chi connectivity index (χ0n) is 18.9. The first-order valence-electron chi connectivity index (χ1n) is 11.1. The number of likely N-dealkylation sites (tertiary alicyclic amines) is 1. The molecule has 0 aromatic heterocycles. The molecule has 1 spiro atoms. The second-order valence-corrected chi connectivity index (χ2v) is 11.4. The summed E-state index contributed by atoms with van der Waals surface area (Å²) in [4.78, 5) is 2.37. The summed E-state index contributed by atoms with van der Waals surface area (Å²) in [6, 6.07) is 11.8. The summed E-state index contributed by atoms with van der Waals surface area (Å²) >= 11 is 0. The van der Waals surface area contributed by atoms with Crippen LogP contribution < -0.4 is 9.04 Å². The van der Waals surface area contributed by atoms with E-state index in [4.69, 9.17) is 4.74 Å². The van der Waals surface area contributed by atoms with Gasteiger partial charge in [0.1, 0.15) is 5.82 Å². The Balaban J connectivity index is 1.52. The number of rotatable bonds is 5. The molecule has 0 saturated carbocycles. The Morgan fingerprint density at radius 1 is 1.19 bits per heavy atom. The predicted octanol–water partition coefficient (Wildman–Crippen LogP) is 5.62. The largest absolute Gasteiger partial charge is 0.504 e. The number of hydrogen-bond donors (Lipinski definition) is 3. The van der Waals surface area contributed by atoms with Crippen molar-refractivity contribution in [2.75, 3.05) is 16.6 Å². The second-order valence-electron chi connectivity index (χ2n) is 9.33. The van der Waals surface area contributed by atoms with E-state index in [1.165, 1.54) is 12.1 Å². The first kappa shape index (κ1) is 23.2. The number of hydrogen-bond acceptors (Lipinski definition) is 6. The van der Waals surface area contributed by atoms with Gasteiger partial charge in [0.05, 0.1) is 23.1 Å². The van der Waals surface area contributed by atoms with E-state index in [9.17, 15) is 18.6 Å². The molecule has 2 aliphatic heterocycles. The molecule has 32 heavy (non-hydrogen) atoms. The Kier molecular flexibility index (Phi) is 6.33. The van der Waals surface area contributed by atoms with E-state index in [0.717, 1.165) is 24.9 Å². The van der Waals surface area contributed by atoms with Crippen molar-refractivity contribution in [1.29, 1.82) is 0 Å². The Hall–Kier alpha value is -2.00. The summed E-state index contributed by atoms with van der Waals surface area (Å²) < 4.78 is 43.0. The van der Waals surface area contributed by atoms with Gasteiger partial charge < -0.3 is 9.84 Å². The molecule has 2 fully saturated rings. The number of phenolic OH excluding ortho intramolecular Hbond substituents is 1. The van der Waals surface area contributed by atoms with Gasteiger partial charge in [0.25, 0.3) is 0 Å². The number of ether oxygens (including phenoxy) is 1. The van der Waals surface area contributed by atoms with Crippen molar-refractivity contribution in [2.24, 2.45) is 0 Å². The zero-order valence-corrected chi connectivity index (χ0v) is 19.7. The number of phenols is 1. The molecule has 0 aliphatic carbocycles. The van der Waals surface area contributed by atoms with Crippen LogP contribution in [-0.4, -0.2) is 49.1 Å². The highest BCUT2D eigenvalue weighted by Crippen LogP contribution is 2.61. The lowest BCUT2D eigenvalue weighted by atomic mass is 9.81. The van der Waals surface area contributed by atoms with Crippen molar-refractivity contribution in [3.8, 4) is 11.5 Å². The molecule has 2 atom stereocenters. The Morgan fingerprint density at radius 2 is 1.97 bits per heavy atom. The molecular formula is C24H33FN2O4S. The highest BCUT2D eigenvalue weighted by Gasteiger charge is 2.52. The van der Waals surface area contributed by atoms with E-state index in [1.807, 2.05) is 26.0 Å². The molecule has 2 heterocycles. The lowest BCUT2D eigenvalue weighted by Crippen LogP contribution is -2.55. The minimum Gasteiger partial charge on any atom is -0.504 e. The van der Waals surface area contributed by atoms with Gasteiger partial charge in [0.2, 0.25) is 0 Å². The van der Waals surface area contributed by atoms with Crippen molar-refractivity contribution in [3.63, 3.8) is 0 Å². The lowest BCUT2D eigenvalue weighted by Gasteiger charge is -2.52. The summed E-state index contributed by atoms with van der Waals surface area (Å²) in [6.45, 7) is 7.50. The van der Waals surface area contributed by atoms with Crippen molar-refractivity contribution >= 4 is 16.5 Å². The SMILES string of the molecule is CC(C)Oc1cc(CN2CC[C@]3(CCS(O)(O)N3c3cccc(F)c3)C[C@@H]2C)ccc1O. The monoisotopic (exact) mass is 464 g/mol. The summed E-state index contributed by atoms with van der Waals surface area (Å²) in [5.74, 6) is 0.553. The van der Waals surface area contributed by atoms with Gasteiger partial charge in [-0.2, -0.15) is 0 Å². The van der Waals surface area contributed by atoms with E-state index in [0.29, 0.717) is 30.2 Å². The summed E-state index contributed by atoms with van der Waals surface area (Å²) in [5.41, 5.74) is 1.19. The molecule has 2 aromatic carbocycles. The average molecular weight is 465 g/mol. The summed E-state index contributed by atoms with van der Waals surface area (Å²) in [7, 11) is -2.98. The lowest BCUT2D eigenvalue weighted by molar-refractivity contribution is 0.102. The van der Waals surface area contributed by atoms with E-state index in [-0.39, 0.29) is 23.7 Å². The molecule has 0 radical (unpaired) electrons. The van der Waals surface area contributed by atoms with Crippen LogP contribution in [0.25, 0.3) is 0 Å². The molecule has 0 amide bonds. The first-order valence-corrected chi connectivity index (χ1v) is 12.8. The maximum Gasteiger partial charge on any atom is 0.161 e. The normalized spacial score (nSPS) is 26.6. The van der Waals surface area contributed by atoms with Crippen molar-refractivity contribution in [2.45, 2.75) is 64.3 Å². The van der Waals surface area contributed by atoms with Crippen LogP contribution >= 0.6 is 10.8 Å². The van der Waals surface area contributed by atoms with Gasteiger partial charge in [-0.25, -0.2) is 4.39 Å². The zero-order chi connectivity index (χ0) is 23.1. The molecule has 2 aromatic rings. The van der Waals surface area contributed by atoms with E-state index >= 15 is 0 Å². The van der Waals surface area contributed by atoms with Gasteiger partial charge in [-0.15, -0.1) is 10.8 Å². The number of nitrogens with zero attached hydrogens (tertiary/aromatic N) is 2. The van der Waals surface area contributed by atoms with Gasteiger partial charge >= 0.3 is 0 Å². The van der Waals surface area contributed by atoms with Crippen LogP contribution in [0.3, 0.4) is 0 Å². The standard InChI is InChI=1S/C24H33FN2O4S/c1-17(2)31-23-13-19(7-8-22(23)28)16-26-11-9-24(15-18(26)3)10-12-32(29,30)27(24)21-6-4-5-20(25)14-21/h4-8,13-14,17-18,28-30H,9-12,15-16H2,1-3H3/t18-,24-/m0/s1. The minimum absolute atomic E-state index is 0.0270. The Labute approximate surface area is 191 Å². The second kappa shape index (κ2) is 8.74. The first-order chi connectivity index (χ1) is 15.1.